The van der Waals surface area contributed by atoms with Gasteiger partial charge in [0.15, 0.2) is 0 Å². The van der Waals surface area contributed by atoms with Gasteiger partial charge in [-0.1, -0.05) is 67.1 Å². The van der Waals surface area contributed by atoms with Crippen LogP contribution in [0.4, 0.5) is 26.3 Å². The van der Waals surface area contributed by atoms with Crippen molar-refractivity contribution in [1.82, 2.24) is 15.5 Å². The molecular formula is C34H35F6N3O3. The van der Waals surface area contributed by atoms with Gasteiger partial charge in [-0.3, -0.25) is 9.59 Å². The number of rotatable bonds is 12. The number of unbranched alkanes of at least 4 members (excludes halogenated alkanes) is 1. The Hall–Kier alpha value is -4.06. The lowest BCUT2D eigenvalue weighted by molar-refractivity contribution is -0.141. The molecule has 6 nitrogen and oxygen atoms in total. The van der Waals surface area contributed by atoms with Gasteiger partial charge in [-0.2, -0.15) is 17.6 Å². The molecule has 46 heavy (non-hydrogen) atoms. The van der Waals surface area contributed by atoms with Crippen LogP contribution in [0.5, 0.6) is 5.75 Å². The third kappa shape index (κ3) is 7.32. The molecule has 2 aliphatic rings. The number of halogens is 6. The lowest BCUT2D eigenvalue weighted by Crippen LogP contribution is -2.47. The van der Waals surface area contributed by atoms with Crippen molar-refractivity contribution in [3.05, 3.63) is 89.5 Å². The number of piperidine rings is 1. The van der Waals surface area contributed by atoms with Crippen LogP contribution in [0.3, 0.4) is 0 Å². The fraction of sp³-hybridized carbons (Fsp3) is 0.412. The lowest BCUT2D eigenvalue weighted by atomic mass is 9.73. The number of ether oxygens (including phenoxy) is 1. The summed E-state index contributed by atoms with van der Waals surface area (Å²) in [5.74, 6) is -1.47. The van der Waals surface area contributed by atoms with Crippen molar-refractivity contribution in [2.24, 2.45) is 0 Å². The van der Waals surface area contributed by atoms with Crippen LogP contribution in [0.15, 0.2) is 72.8 Å². The van der Waals surface area contributed by atoms with E-state index in [1.165, 1.54) is 24.3 Å². The van der Waals surface area contributed by atoms with Gasteiger partial charge in [0.25, 0.3) is 12.3 Å². The maximum Gasteiger partial charge on any atom is 0.405 e. The van der Waals surface area contributed by atoms with Gasteiger partial charge in [-0.25, -0.2) is 8.78 Å². The molecule has 12 heteroatoms. The predicted octanol–water partition coefficient (Wildman–Crippen LogP) is 6.64. The fourth-order valence-corrected chi connectivity index (χ4v) is 6.50. The van der Waals surface area contributed by atoms with Crippen LogP contribution < -0.4 is 15.4 Å². The Morgan fingerprint density at radius 3 is 2.07 bits per heavy atom. The first-order chi connectivity index (χ1) is 22.0. The normalized spacial score (nSPS) is 16.8. The first-order valence-electron chi connectivity index (χ1n) is 15.2. The number of nitrogens with zero attached hydrogens (tertiary/aromatic N) is 1. The number of benzene rings is 3. The van der Waals surface area contributed by atoms with E-state index in [1.54, 1.807) is 12.1 Å². The molecule has 3 aromatic carbocycles. The van der Waals surface area contributed by atoms with Crippen molar-refractivity contribution in [3.8, 4) is 16.9 Å². The summed E-state index contributed by atoms with van der Waals surface area (Å²) in [5, 5.41) is 5.04. The lowest BCUT2D eigenvalue weighted by Gasteiger charge is -2.33. The minimum Gasteiger partial charge on any atom is -0.454 e. The SMILES string of the molecule is O=C(NC1CCN(CCCCC2(C(=O)NCC(F)(F)F)c3ccccc3-c3ccccc32)CC1)c1ccccc1OC(F)C(F)F. The van der Waals surface area contributed by atoms with Crippen molar-refractivity contribution in [2.75, 3.05) is 26.2 Å². The maximum absolute atomic E-state index is 13.6. The van der Waals surface area contributed by atoms with Crippen molar-refractivity contribution < 1.29 is 40.7 Å². The molecule has 246 valence electrons. The highest BCUT2D eigenvalue weighted by atomic mass is 19.4. The minimum absolute atomic E-state index is 0.0310. The molecule has 1 aliphatic carbocycles. The number of para-hydroxylation sites is 1. The molecule has 1 unspecified atom stereocenters. The summed E-state index contributed by atoms with van der Waals surface area (Å²) in [5.41, 5.74) is 1.82. The molecule has 5 rings (SSSR count). The average Bonchev–Trinajstić information content (AvgIpc) is 3.33. The van der Waals surface area contributed by atoms with E-state index < -0.39 is 42.7 Å². The van der Waals surface area contributed by atoms with Gasteiger partial charge in [-0.05, 0) is 66.6 Å². The minimum atomic E-state index is -4.54. The standard InChI is InChI=1S/C34H35F6N3O3/c35-29(36)30(37)46-28-14-6-3-11-25(28)31(44)42-22-15-19-43(20-16-22)18-8-7-17-33(32(45)41-21-34(38,39)40)26-12-4-1-9-23(26)24-10-2-5-13-27(24)33/h1-6,9-14,22,29-30H,7-8,15-21H2,(H,41,45)(H,42,44). The number of likely N-dealkylation sites (tertiary alicyclic amines) is 1. The summed E-state index contributed by atoms with van der Waals surface area (Å²) in [6.07, 6.45) is -7.85. The predicted molar refractivity (Wildman–Crippen MR) is 160 cm³/mol. The zero-order valence-corrected chi connectivity index (χ0v) is 25.0. The Labute approximate surface area is 263 Å². The molecule has 0 radical (unpaired) electrons. The molecule has 0 spiro atoms. The molecule has 1 aliphatic heterocycles. The number of fused-ring (bicyclic) bond motifs is 3. The summed E-state index contributed by atoms with van der Waals surface area (Å²) in [6.45, 7) is 0.633. The van der Waals surface area contributed by atoms with Crippen LogP contribution in [-0.4, -0.2) is 67.9 Å². The second kappa shape index (κ2) is 14.1. The smallest absolute Gasteiger partial charge is 0.405 e. The molecule has 0 bridgehead atoms. The van der Waals surface area contributed by atoms with E-state index in [2.05, 4.69) is 20.3 Å². The van der Waals surface area contributed by atoms with Crippen LogP contribution in [-0.2, 0) is 10.2 Å². The Kier molecular flexibility index (Phi) is 10.2. The number of amides is 2. The first-order valence-corrected chi connectivity index (χ1v) is 15.2. The Bertz CT molecular complexity index is 1480. The molecule has 1 saturated heterocycles. The van der Waals surface area contributed by atoms with Crippen molar-refractivity contribution in [1.29, 1.82) is 0 Å². The molecule has 1 heterocycles. The summed E-state index contributed by atoms with van der Waals surface area (Å²) >= 11 is 0. The topological polar surface area (TPSA) is 70.7 Å². The Morgan fingerprint density at radius 2 is 1.46 bits per heavy atom. The number of carbonyl (C=O) groups excluding carboxylic acids is 2. The number of hydrogen-bond donors (Lipinski definition) is 2. The van der Waals surface area contributed by atoms with Crippen LogP contribution >= 0.6 is 0 Å². The van der Waals surface area contributed by atoms with Gasteiger partial charge in [0.1, 0.15) is 17.7 Å². The quantitative estimate of drug-likeness (QED) is 0.171. The van der Waals surface area contributed by atoms with E-state index in [-0.39, 0.29) is 17.4 Å². The van der Waals surface area contributed by atoms with E-state index in [0.717, 1.165) is 11.1 Å². The van der Waals surface area contributed by atoms with Gasteiger partial charge < -0.3 is 20.3 Å². The largest absolute Gasteiger partial charge is 0.454 e. The zero-order valence-electron chi connectivity index (χ0n) is 25.0. The highest BCUT2D eigenvalue weighted by Crippen LogP contribution is 2.51. The molecule has 0 saturated carbocycles. The summed E-state index contributed by atoms with van der Waals surface area (Å²) in [6, 6.07) is 20.2. The highest BCUT2D eigenvalue weighted by molar-refractivity contribution is 6.00. The van der Waals surface area contributed by atoms with Crippen molar-refractivity contribution >= 4 is 11.8 Å². The van der Waals surface area contributed by atoms with Crippen LogP contribution in [0, 0.1) is 0 Å². The van der Waals surface area contributed by atoms with E-state index in [9.17, 15) is 35.9 Å². The molecule has 3 aromatic rings. The number of nitrogens with one attached hydrogen (secondary N) is 2. The first kappa shape index (κ1) is 33.3. The van der Waals surface area contributed by atoms with Crippen molar-refractivity contribution in [3.63, 3.8) is 0 Å². The second-order valence-corrected chi connectivity index (χ2v) is 11.6. The molecule has 0 aromatic heterocycles. The van der Waals surface area contributed by atoms with Crippen LogP contribution in [0.25, 0.3) is 11.1 Å². The number of alkyl halides is 6. The summed E-state index contributed by atoms with van der Waals surface area (Å²) in [4.78, 5) is 28.7. The number of carbonyl (C=O) groups is 2. The highest BCUT2D eigenvalue weighted by Gasteiger charge is 2.49. The third-order valence-electron chi connectivity index (χ3n) is 8.67. The molecule has 2 amide bonds. The number of hydrogen-bond acceptors (Lipinski definition) is 4. The van der Waals surface area contributed by atoms with E-state index in [0.29, 0.717) is 62.9 Å². The monoisotopic (exact) mass is 647 g/mol. The van der Waals surface area contributed by atoms with Crippen molar-refractivity contribution in [2.45, 2.75) is 62.5 Å². The molecule has 1 fully saturated rings. The third-order valence-corrected chi connectivity index (χ3v) is 8.67. The van der Waals surface area contributed by atoms with Gasteiger partial charge in [-0.15, -0.1) is 0 Å². The Balaban J connectivity index is 1.17. The van der Waals surface area contributed by atoms with Gasteiger partial charge in [0.2, 0.25) is 5.91 Å². The van der Waals surface area contributed by atoms with E-state index >= 15 is 0 Å². The molecule has 1 atom stereocenters. The van der Waals surface area contributed by atoms with Crippen LogP contribution in [0.1, 0.15) is 53.6 Å². The van der Waals surface area contributed by atoms with E-state index in [4.69, 9.17) is 0 Å². The summed E-state index contributed by atoms with van der Waals surface area (Å²) in [7, 11) is 0. The van der Waals surface area contributed by atoms with Gasteiger partial charge >= 0.3 is 12.6 Å². The average molecular weight is 648 g/mol. The molecular weight excluding hydrogens is 612 g/mol. The van der Waals surface area contributed by atoms with Gasteiger partial charge in [0.05, 0.1) is 5.56 Å². The summed E-state index contributed by atoms with van der Waals surface area (Å²) < 4.78 is 82.7. The zero-order chi connectivity index (χ0) is 32.9. The Morgan fingerprint density at radius 1 is 0.870 bits per heavy atom. The maximum atomic E-state index is 13.6. The second-order valence-electron chi connectivity index (χ2n) is 11.6. The molecule has 2 N–H and O–H groups in total. The van der Waals surface area contributed by atoms with Gasteiger partial charge in [0, 0.05) is 19.1 Å². The fourth-order valence-electron chi connectivity index (χ4n) is 6.50. The van der Waals surface area contributed by atoms with Crippen LogP contribution in [0.2, 0.25) is 0 Å². The van der Waals surface area contributed by atoms with E-state index in [1.807, 2.05) is 36.4 Å².